The second-order valence-electron chi connectivity index (χ2n) is 3.96. The summed E-state index contributed by atoms with van der Waals surface area (Å²) in [7, 11) is 0. The van der Waals surface area contributed by atoms with Crippen LogP contribution >= 0.6 is 39.1 Å². The molecule has 1 N–H and O–H groups in total. The Kier molecular flexibility index (Phi) is 4.86. The van der Waals surface area contributed by atoms with Gasteiger partial charge in [0.15, 0.2) is 0 Å². The van der Waals surface area contributed by atoms with Crippen molar-refractivity contribution < 1.29 is 4.92 Å². The van der Waals surface area contributed by atoms with Crippen molar-refractivity contribution in [1.82, 2.24) is 0 Å². The summed E-state index contributed by atoms with van der Waals surface area (Å²) in [4.78, 5) is 10.5. The van der Waals surface area contributed by atoms with Crippen molar-refractivity contribution in [1.29, 1.82) is 0 Å². The van der Waals surface area contributed by atoms with Gasteiger partial charge < -0.3 is 5.32 Å². The zero-order chi connectivity index (χ0) is 14.7. The Bertz CT molecular complexity index is 665. The summed E-state index contributed by atoms with van der Waals surface area (Å²) in [5, 5.41) is 14.8. The predicted octanol–water partition coefficient (Wildman–Crippen LogP) is 5.28. The van der Waals surface area contributed by atoms with E-state index in [0.717, 1.165) is 0 Å². The fourth-order valence-electron chi connectivity index (χ4n) is 1.69. The van der Waals surface area contributed by atoms with E-state index in [1.807, 2.05) is 0 Å². The third kappa shape index (κ3) is 3.23. The topological polar surface area (TPSA) is 55.2 Å². The number of anilines is 1. The van der Waals surface area contributed by atoms with Crippen LogP contribution in [-0.2, 0) is 6.54 Å². The molecule has 0 unspecified atom stereocenters. The quantitative estimate of drug-likeness (QED) is 0.449. The highest BCUT2D eigenvalue weighted by Gasteiger charge is 2.13. The minimum absolute atomic E-state index is 0.0688. The number of rotatable bonds is 4. The van der Waals surface area contributed by atoms with Crippen molar-refractivity contribution in [3.8, 4) is 0 Å². The van der Waals surface area contributed by atoms with Crippen LogP contribution < -0.4 is 5.32 Å². The van der Waals surface area contributed by atoms with Gasteiger partial charge in [-0.2, -0.15) is 0 Å². The zero-order valence-electron chi connectivity index (χ0n) is 10.1. The Morgan fingerprint density at radius 2 is 1.85 bits per heavy atom. The smallest absolute Gasteiger partial charge is 0.274 e. The number of nitrogens with one attached hydrogen (secondary N) is 1. The number of nitrogens with zero attached hydrogens (tertiary/aromatic N) is 1. The average Bonchev–Trinajstić information content (AvgIpc) is 2.44. The molecule has 0 amide bonds. The summed E-state index contributed by atoms with van der Waals surface area (Å²) in [6, 6.07) is 10.1. The van der Waals surface area contributed by atoms with Gasteiger partial charge in [0.1, 0.15) is 0 Å². The van der Waals surface area contributed by atoms with Crippen LogP contribution in [0.25, 0.3) is 0 Å². The molecule has 20 heavy (non-hydrogen) atoms. The molecular formula is C13H9BrCl2N2O2. The van der Waals surface area contributed by atoms with E-state index in [1.165, 1.54) is 6.07 Å². The summed E-state index contributed by atoms with van der Waals surface area (Å²) in [5.41, 5.74) is 1.27. The standard InChI is InChI=1S/C13H9BrCl2N2O2/c14-9-5-6-10(13(16)12(9)15)17-7-8-3-1-2-4-11(8)18(19)20/h1-6,17H,7H2. The first-order chi connectivity index (χ1) is 9.50. The third-order valence-corrected chi connectivity index (χ3v) is 4.46. The largest absolute Gasteiger partial charge is 0.379 e. The Morgan fingerprint density at radius 3 is 2.55 bits per heavy atom. The fourth-order valence-corrected chi connectivity index (χ4v) is 2.53. The van der Waals surface area contributed by atoms with E-state index in [2.05, 4.69) is 21.2 Å². The molecule has 0 bridgehead atoms. The van der Waals surface area contributed by atoms with Crippen LogP contribution in [0, 0.1) is 10.1 Å². The van der Waals surface area contributed by atoms with Crippen LogP contribution in [0.3, 0.4) is 0 Å². The van der Waals surface area contributed by atoms with Gasteiger partial charge in [0.2, 0.25) is 0 Å². The average molecular weight is 376 g/mol. The molecule has 0 saturated heterocycles. The number of hydrogen-bond acceptors (Lipinski definition) is 3. The molecule has 0 fully saturated rings. The number of para-hydroxylation sites is 1. The Labute approximate surface area is 134 Å². The van der Waals surface area contributed by atoms with E-state index in [0.29, 0.717) is 25.8 Å². The Hall–Kier alpha value is -1.30. The van der Waals surface area contributed by atoms with Gasteiger partial charge in [0.25, 0.3) is 5.69 Å². The Morgan fingerprint density at radius 1 is 1.15 bits per heavy atom. The molecule has 0 saturated carbocycles. The normalized spacial score (nSPS) is 10.3. The van der Waals surface area contributed by atoms with Crippen LogP contribution in [0.2, 0.25) is 10.0 Å². The molecule has 4 nitrogen and oxygen atoms in total. The molecule has 0 radical (unpaired) electrons. The van der Waals surface area contributed by atoms with Gasteiger partial charge in [-0.05, 0) is 28.1 Å². The maximum absolute atomic E-state index is 10.9. The Balaban J connectivity index is 2.22. The van der Waals surface area contributed by atoms with E-state index in [9.17, 15) is 10.1 Å². The van der Waals surface area contributed by atoms with Crippen molar-refractivity contribution in [3.63, 3.8) is 0 Å². The summed E-state index contributed by atoms with van der Waals surface area (Å²) in [6.07, 6.45) is 0. The van der Waals surface area contributed by atoms with E-state index in [4.69, 9.17) is 23.2 Å². The lowest BCUT2D eigenvalue weighted by atomic mass is 10.2. The minimum atomic E-state index is -0.410. The number of hydrogen-bond donors (Lipinski definition) is 1. The van der Waals surface area contributed by atoms with E-state index < -0.39 is 4.92 Å². The molecule has 7 heteroatoms. The second kappa shape index (κ2) is 6.43. The van der Waals surface area contributed by atoms with E-state index >= 15 is 0 Å². The number of nitro benzene ring substituents is 1. The van der Waals surface area contributed by atoms with Gasteiger partial charge in [0.05, 0.1) is 20.7 Å². The number of halogens is 3. The van der Waals surface area contributed by atoms with Gasteiger partial charge in [-0.3, -0.25) is 10.1 Å². The molecule has 0 spiro atoms. The fraction of sp³-hybridized carbons (Fsp3) is 0.0769. The van der Waals surface area contributed by atoms with Gasteiger partial charge in [0, 0.05) is 22.6 Å². The molecule has 104 valence electrons. The summed E-state index contributed by atoms with van der Waals surface area (Å²) in [6.45, 7) is 0.287. The van der Waals surface area contributed by atoms with Gasteiger partial charge >= 0.3 is 0 Å². The first-order valence-electron chi connectivity index (χ1n) is 5.60. The zero-order valence-corrected chi connectivity index (χ0v) is 13.2. The lowest BCUT2D eigenvalue weighted by Crippen LogP contribution is -2.03. The minimum Gasteiger partial charge on any atom is -0.379 e. The molecule has 0 heterocycles. The summed E-state index contributed by atoms with van der Waals surface area (Å²) in [5.74, 6) is 0. The second-order valence-corrected chi connectivity index (χ2v) is 5.57. The lowest BCUT2D eigenvalue weighted by Gasteiger charge is -2.10. The van der Waals surface area contributed by atoms with Crippen molar-refractivity contribution in [2.24, 2.45) is 0 Å². The molecule has 0 aliphatic heterocycles. The lowest BCUT2D eigenvalue weighted by molar-refractivity contribution is -0.385. The SMILES string of the molecule is O=[N+]([O-])c1ccccc1CNc1ccc(Br)c(Cl)c1Cl. The van der Waals surface area contributed by atoms with Crippen LogP contribution in [0.1, 0.15) is 5.56 Å². The number of benzene rings is 2. The van der Waals surface area contributed by atoms with Gasteiger partial charge in [-0.25, -0.2) is 0 Å². The highest BCUT2D eigenvalue weighted by molar-refractivity contribution is 9.10. The molecule has 2 aromatic rings. The molecule has 0 aliphatic carbocycles. The predicted molar refractivity (Wildman–Crippen MR) is 84.6 cm³/mol. The van der Waals surface area contributed by atoms with Crippen LogP contribution in [0.15, 0.2) is 40.9 Å². The molecular weight excluding hydrogens is 367 g/mol. The van der Waals surface area contributed by atoms with E-state index in [1.54, 1.807) is 30.3 Å². The maximum Gasteiger partial charge on any atom is 0.274 e. The van der Waals surface area contributed by atoms with Crippen LogP contribution in [-0.4, -0.2) is 4.92 Å². The number of nitro groups is 1. The van der Waals surface area contributed by atoms with E-state index in [-0.39, 0.29) is 12.2 Å². The molecule has 0 aliphatic rings. The van der Waals surface area contributed by atoms with Gasteiger partial charge in [-0.15, -0.1) is 0 Å². The van der Waals surface area contributed by atoms with Crippen LogP contribution in [0.4, 0.5) is 11.4 Å². The first kappa shape index (κ1) is 15.1. The van der Waals surface area contributed by atoms with Crippen molar-refractivity contribution >= 4 is 50.5 Å². The van der Waals surface area contributed by atoms with Crippen LogP contribution in [0.5, 0.6) is 0 Å². The maximum atomic E-state index is 10.9. The highest BCUT2D eigenvalue weighted by Crippen LogP contribution is 2.36. The first-order valence-corrected chi connectivity index (χ1v) is 7.15. The van der Waals surface area contributed by atoms with Crippen molar-refractivity contribution in [2.75, 3.05) is 5.32 Å². The molecule has 0 atom stereocenters. The van der Waals surface area contributed by atoms with Crippen molar-refractivity contribution in [2.45, 2.75) is 6.54 Å². The monoisotopic (exact) mass is 374 g/mol. The summed E-state index contributed by atoms with van der Waals surface area (Å²) < 4.78 is 0.695. The highest BCUT2D eigenvalue weighted by atomic mass is 79.9. The molecule has 2 aromatic carbocycles. The summed E-state index contributed by atoms with van der Waals surface area (Å²) >= 11 is 15.4. The third-order valence-electron chi connectivity index (χ3n) is 2.69. The van der Waals surface area contributed by atoms with Gasteiger partial charge in [-0.1, -0.05) is 41.4 Å². The van der Waals surface area contributed by atoms with Crippen molar-refractivity contribution in [3.05, 3.63) is 66.6 Å². The molecule has 2 rings (SSSR count). The molecule has 0 aromatic heterocycles.